The van der Waals surface area contributed by atoms with Gasteiger partial charge in [0.2, 0.25) is 5.91 Å². The number of nitrogens with zero attached hydrogens (tertiary/aromatic N) is 3. The van der Waals surface area contributed by atoms with E-state index >= 15 is 0 Å². The molecule has 0 atom stereocenters. The normalized spacial score (nSPS) is 10.7. The maximum absolute atomic E-state index is 12.9. The number of carbonyl (C=O) groups is 2. The molecule has 4 rings (SSSR count). The predicted octanol–water partition coefficient (Wildman–Crippen LogP) is 6.36. The summed E-state index contributed by atoms with van der Waals surface area (Å²) in [6.07, 6.45) is 1.73. The van der Waals surface area contributed by atoms with Crippen molar-refractivity contribution in [3.05, 3.63) is 88.0 Å². The fraction of sp³-hybridized carbons (Fsp3) is 0.185. The molecule has 0 saturated carbocycles. The van der Waals surface area contributed by atoms with E-state index in [9.17, 15) is 9.59 Å². The molecule has 11 heteroatoms. The second-order valence-corrected chi connectivity index (χ2v) is 10.8. The molecule has 0 aliphatic heterocycles. The van der Waals surface area contributed by atoms with Gasteiger partial charge in [0.15, 0.2) is 11.0 Å². The van der Waals surface area contributed by atoms with Gasteiger partial charge in [0.25, 0.3) is 0 Å². The zero-order chi connectivity index (χ0) is 27.1. The Morgan fingerprint density at radius 2 is 1.89 bits per heavy atom. The van der Waals surface area contributed by atoms with Crippen LogP contribution in [0.3, 0.4) is 0 Å². The van der Waals surface area contributed by atoms with Gasteiger partial charge < -0.3 is 14.8 Å². The summed E-state index contributed by atoms with van der Waals surface area (Å²) in [5, 5.41) is 14.2. The van der Waals surface area contributed by atoms with Gasteiger partial charge in [-0.05, 0) is 36.8 Å². The zero-order valence-electron chi connectivity index (χ0n) is 20.8. The molecule has 1 amide bonds. The summed E-state index contributed by atoms with van der Waals surface area (Å²) in [6, 6.07) is 15.3. The summed E-state index contributed by atoms with van der Waals surface area (Å²) in [6.45, 7) is 6.49. The van der Waals surface area contributed by atoms with Crippen molar-refractivity contribution in [1.29, 1.82) is 0 Å². The van der Waals surface area contributed by atoms with Crippen molar-refractivity contribution in [2.75, 3.05) is 18.2 Å². The molecule has 8 nitrogen and oxygen atoms in total. The van der Waals surface area contributed by atoms with Crippen LogP contribution in [-0.4, -0.2) is 39.5 Å². The Morgan fingerprint density at radius 3 is 2.58 bits per heavy atom. The minimum atomic E-state index is -0.508. The first-order chi connectivity index (χ1) is 18.4. The summed E-state index contributed by atoms with van der Waals surface area (Å²) >= 11 is 5.93. The van der Waals surface area contributed by atoms with Crippen LogP contribution in [0.1, 0.15) is 21.7 Å². The minimum Gasteiger partial charge on any atom is -0.486 e. The third-order valence-electron chi connectivity index (χ3n) is 5.42. The molecule has 2 aromatic carbocycles. The Hall–Kier alpha value is -3.41. The van der Waals surface area contributed by atoms with E-state index in [1.807, 2.05) is 65.4 Å². The first-order valence-corrected chi connectivity index (χ1v) is 14.2. The van der Waals surface area contributed by atoms with E-state index in [1.54, 1.807) is 6.08 Å². The summed E-state index contributed by atoms with van der Waals surface area (Å²) < 4.78 is 13.7. The molecule has 2 heterocycles. The number of nitrogens with one attached hydrogen (secondary N) is 1. The molecule has 1 N–H and O–H groups in total. The molecule has 0 fully saturated rings. The number of benzene rings is 2. The lowest BCUT2D eigenvalue weighted by Gasteiger charge is -2.10. The second kappa shape index (κ2) is 12.9. The molecule has 0 aliphatic carbocycles. The molecule has 2 aromatic heterocycles. The van der Waals surface area contributed by atoms with Gasteiger partial charge in [-0.2, -0.15) is 0 Å². The number of aromatic nitrogens is 3. The third kappa shape index (κ3) is 6.72. The molecule has 0 unspecified atom stereocenters. The van der Waals surface area contributed by atoms with E-state index in [4.69, 9.17) is 9.47 Å². The van der Waals surface area contributed by atoms with Crippen LogP contribution >= 0.6 is 39.0 Å². The number of rotatable bonds is 11. The summed E-state index contributed by atoms with van der Waals surface area (Å²) in [5.74, 6) is 0.604. The minimum absolute atomic E-state index is 0.0707. The van der Waals surface area contributed by atoms with Crippen LogP contribution in [0.15, 0.2) is 76.2 Å². The molecule has 0 aliphatic rings. The van der Waals surface area contributed by atoms with E-state index in [0.717, 1.165) is 15.6 Å². The zero-order valence-corrected chi connectivity index (χ0v) is 24.0. The van der Waals surface area contributed by atoms with Gasteiger partial charge in [0.1, 0.15) is 22.9 Å². The number of hydrogen-bond acceptors (Lipinski definition) is 8. The van der Waals surface area contributed by atoms with Crippen LogP contribution < -0.4 is 10.1 Å². The first-order valence-electron chi connectivity index (χ1n) is 11.5. The number of anilines is 1. The van der Waals surface area contributed by atoms with Crippen LogP contribution in [-0.2, 0) is 22.7 Å². The molecule has 4 aromatic rings. The Balaban J connectivity index is 1.44. The average molecular weight is 614 g/mol. The Labute approximate surface area is 237 Å². The van der Waals surface area contributed by atoms with Crippen LogP contribution in [0.5, 0.6) is 5.75 Å². The number of ether oxygens (including phenoxy) is 2. The maximum Gasteiger partial charge on any atom is 0.341 e. The van der Waals surface area contributed by atoms with Crippen molar-refractivity contribution in [3.63, 3.8) is 0 Å². The Bertz CT molecular complexity index is 1430. The lowest BCUT2D eigenvalue weighted by atomic mass is 10.0. The van der Waals surface area contributed by atoms with Crippen LogP contribution in [0.2, 0.25) is 0 Å². The number of thioether (sulfide) groups is 1. The average Bonchev–Trinajstić information content (AvgIpc) is 3.51. The number of thiophene rings is 1. The highest BCUT2D eigenvalue weighted by Gasteiger charge is 2.23. The summed E-state index contributed by atoms with van der Waals surface area (Å²) in [4.78, 5) is 25.5. The topological polar surface area (TPSA) is 95.3 Å². The molecular weight excluding hydrogens is 588 g/mol. The number of amides is 1. The monoisotopic (exact) mass is 612 g/mol. The van der Waals surface area contributed by atoms with Crippen LogP contribution in [0.4, 0.5) is 5.00 Å². The van der Waals surface area contributed by atoms with E-state index in [1.165, 1.54) is 30.2 Å². The predicted molar refractivity (Wildman–Crippen MR) is 154 cm³/mol. The summed E-state index contributed by atoms with van der Waals surface area (Å²) in [7, 11) is 1.32. The number of esters is 1. The van der Waals surface area contributed by atoms with Crippen molar-refractivity contribution in [1.82, 2.24) is 14.8 Å². The highest BCUT2D eigenvalue weighted by atomic mass is 79.9. The molecule has 0 radical (unpaired) electrons. The fourth-order valence-electron chi connectivity index (χ4n) is 3.52. The van der Waals surface area contributed by atoms with E-state index in [0.29, 0.717) is 39.4 Å². The van der Waals surface area contributed by atoms with Crippen LogP contribution in [0.25, 0.3) is 11.1 Å². The van der Waals surface area contributed by atoms with Crippen molar-refractivity contribution in [2.24, 2.45) is 0 Å². The fourth-order valence-corrected chi connectivity index (χ4v) is 5.52. The van der Waals surface area contributed by atoms with Gasteiger partial charge in [-0.3, -0.25) is 9.36 Å². The highest BCUT2D eigenvalue weighted by molar-refractivity contribution is 9.10. The van der Waals surface area contributed by atoms with E-state index in [2.05, 4.69) is 38.0 Å². The van der Waals surface area contributed by atoms with Gasteiger partial charge in [-0.1, -0.05) is 63.6 Å². The largest absolute Gasteiger partial charge is 0.486 e. The smallest absolute Gasteiger partial charge is 0.341 e. The first kappa shape index (κ1) is 27.6. The maximum atomic E-state index is 12.9. The second-order valence-electron chi connectivity index (χ2n) is 8.09. The highest BCUT2D eigenvalue weighted by Crippen LogP contribution is 2.36. The third-order valence-corrected chi connectivity index (χ3v) is 7.81. The van der Waals surface area contributed by atoms with E-state index in [-0.39, 0.29) is 18.3 Å². The van der Waals surface area contributed by atoms with Gasteiger partial charge in [-0.15, -0.1) is 28.1 Å². The van der Waals surface area contributed by atoms with Crippen molar-refractivity contribution < 1.29 is 19.1 Å². The number of allylic oxidation sites excluding steroid dienone is 1. The van der Waals surface area contributed by atoms with Gasteiger partial charge >= 0.3 is 5.97 Å². The number of carbonyl (C=O) groups excluding carboxylic acids is 2. The molecule has 0 bridgehead atoms. The lowest BCUT2D eigenvalue weighted by molar-refractivity contribution is -0.113. The van der Waals surface area contributed by atoms with Crippen molar-refractivity contribution in [2.45, 2.75) is 25.2 Å². The SMILES string of the molecule is C=CCn1c(COc2ccc(Br)cc2)nnc1SCC(=O)Nc1scc(-c2ccc(C)cc2)c1C(=O)OC. The van der Waals surface area contributed by atoms with Gasteiger partial charge in [0.05, 0.1) is 12.9 Å². The van der Waals surface area contributed by atoms with Gasteiger partial charge in [0, 0.05) is 22.0 Å². The molecule has 38 heavy (non-hydrogen) atoms. The summed E-state index contributed by atoms with van der Waals surface area (Å²) in [5.41, 5.74) is 3.03. The van der Waals surface area contributed by atoms with Crippen molar-refractivity contribution >= 4 is 55.9 Å². The lowest BCUT2D eigenvalue weighted by Crippen LogP contribution is -2.16. The molecular formula is C27H25BrN4O4S2. The molecule has 196 valence electrons. The molecule has 0 saturated heterocycles. The van der Waals surface area contributed by atoms with E-state index < -0.39 is 5.97 Å². The van der Waals surface area contributed by atoms with Gasteiger partial charge in [-0.25, -0.2) is 4.79 Å². The number of halogens is 1. The standard InChI is InChI=1S/C27H25BrN4O4S2/c1-4-13-32-22(14-36-20-11-9-19(28)10-12-20)30-31-27(32)38-16-23(33)29-25-24(26(34)35-3)21(15-37-25)18-7-5-17(2)6-8-18/h4-12,15H,1,13-14,16H2,2-3H3,(H,29,33). The molecule has 0 spiro atoms. The number of methoxy groups -OCH3 is 1. The van der Waals surface area contributed by atoms with Crippen molar-refractivity contribution in [3.8, 4) is 16.9 Å². The number of aryl methyl sites for hydroxylation is 1. The Kier molecular flexibility index (Phi) is 9.38. The van der Waals surface area contributed by atoms with Crippen LogP contribution in [0, 0.1) is 6.92 Å². The quantitative estimate of drug-likeness (QED) is 0.120. The number of hydrogen-bond donors (Lipinski definition) is 1. The Morgan fingerprint density at radius 1 is 1.16 bits per heavy atom.